The van der Waals surface area contributed by atoms with Crippen LogP contribution in [0, 0.1) is 0 Å². The van der Waals surface area contributed by atoms with Gasteiger partial charge in [-0.2, -0.15) is 0 Å². The third-order valence-corrected chi connectivity index (χ3v) is 5.08. The molecule has 0 bridgehead atoms. The van der Waals surface area contributed by atoms with E-state index in [1.54, 1.807) is 30.3 Å². The molecule has 36 heavy (non-hydrogen) atoms. The number of aliphatic carboxylic acids is 1. The lowest BCUT2D eigenvalue weighted by molar-refractivity contribution is -0.143. The molecule has 0 saturated heterocycles. The van der Waals surface area contributed by atoms with Crippen molar-refractivity contribution in [2.45, 2.75) is 43.4 Å². The number of H-pyrrole nitrogens is 1. The van der Waals surface area contributed by atoms with E-state index < -0.39 is 66.8 Å². The summed E-state index contributed by atoms with van der Waals surface area (Å²) in [6.07, 6.45) is 2.09. The lowest BCUT2D eigenvalue weighted by Gasteiger charge is -2.25. The van der Waals surface area contributed by atoms with Crippen molar-refractivity contribution in [3.63, 3.8) is 0 Å². The molecule has 4 atom stereocenters. The van der Waals surface area contributed by atoms with Crippen LogP contribution >= 0.6 is 0 Å². The highest BCUT2D eigenvalue weighted by Gasteiger charge is 2.31. The Kier molecular flexibility index (Phi) is 10.5. The number of nitrogens with one attached hydrogen (secondary N) is 4. The summed E-state index contributed by atoms with van der Waals surface area (Å²) in [5.74, 6) is -4.86. The van der Waals surface area contributed by atoms with Gasteiger partial charge in [0.2, 0.25) is 23.6 Å². The highest BCUT2D eigenvalue weighted by molar-refractivity contribution is 5.95. The second-order valence-corrected chi connectivity index (χ2v) is 7.95. The van der Waals surface area contributed by atoms with E-state index >= 15 is 0 Å². The molecule has 1 aromatic heterocycles. The van der Waals surface area contributed by atoms with Gasteiger partial charge in [0.05, 0.1) is 19.4 Å². The van der Waals surface area contributed by atoms with Crippen LogP contribution in [0.15, 0.2) is 42.9 Å². The van der Waals surface area contributed by atoms with Crippen molar-refractivity contribution in [3.8, 4) is 0 Å². The van der Waals surface area contributed by atoms with Gasteiger partial charge in [0.15, 0.2) is 0 Å². The molecule has 0 radical (unpaired) electrons. The normalized spacial score (nSPS) is 14.1. The molecule has 0 aliphatic carbocycles. The molecule has 0 aliphatic heterocycles. The van der Waals surface area contributed by atoms with E-state index in [-0.39, 0.29) is 12.8 Å². The van der Waals surface area contributed by atoms with Crippen LogP contribution in [-0.2, 0) is 36.8 Å². The van der Waals surface area contributed by atoms with Gasteiger partial charge in [-0.25, -0.2) is 9.78 Å². The number of nitrogens with two attached hydrogens (primary N) is 2. The van der Waals surface area contributed by atoms with Crippen LogP contribution in [0.1, 0.15) is 17.7 Å². The standard InChI is InChI=1S/C22H29N7O7/c23-14(10-30)19(32)27-16(7-13-9-25-11-26-13)21(34)28-15(6-12-4-2-1-3-5-12)20(33)29-17(22(35)36)8-18(24)31/h1-5,9,11,14-17,30H,6-8,10,23H2,(H2,24,31)(H,25,26)(H,27,32)(H,28,34)(H,29,33)(H,35,36). The number of benzene rings is 1. The first kappa shape index (κ1) is 27.9. The lowest BCUT2D eigenvalue weighted by Crippen LogP contribution is -2.58. The first-order valence-electron chi connectivity index (χ1n) is 10.9. The summed E-state index contributed by atoms with van der Waals surface area (Å²) in [5.41, 5.74) is 11.8. The van der Waals surface area contributed by atoms with E-state index in [0.29, 0.717) is 11.3 Å². The average molecular weight is 504 g/mol. The van der Waals surface area contributed by atoms with Gasteiger partial charge in [0, 0.05) is 24.7 Å². The van der Waals surface area contributed by atoms with Crippen LogP contribution in [0.2, 0.25) is 0 Å². The second-order valence-electron chi connectivity index (χ2n) is 7.95. The summed E-state index contributed by atoms with van der Waals surface area (Å²) < 4.78 is 0. The number of carbonyl (C=O) groups excluding carboxylic acids is 4. The number of primary amides is 1. The predicted octanol–water partition coefficient (Wildman–Crippen LogP) is -3.07. The molecule has 1 heterocycles. The third-order valence-electron chi connectivity index (χ3n) is 5.08. The Balaban J connectivity index is 2.27. The molecule has 0 aliphatic rings. The van der Waals surface area contributed by atoms with Gasteiger partial charge in [-0.1, -0.05) is 30.3 Å². The number of aliphatic hydroxyl groups excluding tert-OH is 1. The number of carboxylic acids is 1. The number of imidazole rings is 1. The zero-order valence-electron chi connectivity index (χ0n) is 19.2. The molecule has 0 spiro atoms. The van der Waals surface area contributed by atoms with Crippen LogP contribution in [0.25, 0.3) is 0 Å². The maximum absolute atomic E-state index is 13.2. The van der Waals surface area contributed by atoms with Crippen LogP contribution in [0.4, 0.5) is 0 Å². The zero-order valence-corrected chi connectivity index (χ0v) is 19.2. The van der Waals surface area contributed by atoms with Crippen molar-refractivity contribution in [2.75, 3.05) is 6.61 Å². The summed E-state index contributed by atoms with van der Waals surface area (Å²) in [5, 5.41) is 25.7. The molecule has 14 nitrogen and oxygen atoms in total. The zero-order chi connectivity index (χ0) is 26.7. The predicted molar refractivity (Wildman–Crippen MR) is 125 cm³/mol. The fraction of sp³-hybridized carbons (Fsp3) is 0.364. The Hall–Kier alpha value is -4.30. The van der Waals surface area contributed by atoms with Crippen LogP contribution < -0.4 is 27.4 Å². The molecule has 10 N–H and O–H groups in total. The number of carbonyl (C=O) groups is 5. The Morgan fingerprint density at radius 2 is 1.50 bits per heavy atom. The number of aliphatic hydroxyl groups is 1. The Labute approximate surface area is 205 Å². The van der Waals surface area contributed by atoms with Crippen LogP contribution in [0.5, 0.6) is 0 Å². The van der Waals surface area contributed by atoms with Crippen molar-refractivity contribution >= 4 is 29.6 Å². The van der Waals surface area contributed by atoms with E-state index in [2.05, 4.69) is 25.9 Å². The Morgan fingerprint density at radius 1 is 0.917 bits per heavy atom. The van der Waals surface area contributed by atoms with Gasteiger partial charge in [0.1, 0.15) is 24.2 Å². The van der Waals surface area contributed by atoms with Gasteiger partial charge >= 0.3 is 5.97 Å². The molecular weight excluding hydrogens is 474 g/mol. The maximum Gasteiger partial charge on any atom is 0.326 e. The summed E-state index contributed by atoms with van der Waals surface area (Å²) >= 11 is 0. The highest BCUT2D eigenvalue weighted by Crippen LogP contribution is 2.07. The number of hydrogen-bond acceptors (Lipinski definition) is 8. The SMILES string of the molecule is NC(=O)CC(NC(=O)C(Cc1ccccc1)NC(=O)C(Cc1cnc[nH]1)NC(=O)C(N)CO)C(=O)O. The minimum Gasteiger partial charge on any atom is -0.480 e. The third kappa shape index (κ3) is 8.81. The van der Waals surface area contributed by atoms with E-state index in [1.165, 1.54) is 12.5 Å². The molecule has 2 aromatic rings. The average Bonchev–Trinajstić information content (AvgIpc) is 3.35. The fourth-order valence-corrected chi connectivity index (χ4v) is 3.19. The number of hydrogen-bond donors (Lipinski definition) is 8. The molecule has 2 rings (SSSR count). The van der Waals surface area contributed by atoms with Crippen LogP contribution in [0.3, 0.4) is 0 Å². The minimum atomic E-state index is -1.60. The van der Waals surface area contributed by atoms with Gasteiger partial charge in [-0.15, -0.1) is 0 Å². The number of amides is 4. The molecule has 1 aromatic carbocycles. The Bertz CT molecular complexity index is 1050. The van der Waals surface area contributed by atoms with Gasteiger partial charge in [-0.05, 0) is 5.56 Å². The van der Waals surface area contributed by atoms with E-state index in [4.69, 9.17) is 16.6 Å². The Morgan fingerprint density at radius 3 is 2.03 bits per heavy atom. The smallest absolute Gasteiger partial charge is 0.326 e. The quantitative estimate of drug-likeness (QED) is 0.130. The molecule has 4 amide bonds. The monoisotopic (exact) mass is 503 g/mol. The molecule has 0 saturated carbocycles. The van der Waals surface area contributed by atoms with E-state index in [0.717, 1.165) is 0 Å². The minimum absolute atomic E-state index is 0.0256. The summed E-state index contributed by atoms with van der Waals surface area (Å²) in [4.78, 5) is 67.8. The number of aromatic nitrogens is 2. The molecule has 0 fully saturated rings. The molecule has 4 unspecified atom stereocenters. The van der Waals surface area contributed by atoms with Gasteiger partial charge < -0.3 is 42.6 Å². The number of nitrogens with zero attached hydrogens (tertiary/aromatic N) is 1. The van der Waals surface area contributed by atoms with Crippen molar-refractivity contribution in [1.82, 2.24) is 25.9 Å². The fourth-order valence-electron chi connectivity index (χ4n) is 3.19. The topological polar surface area (TPSA) is 243 Å². The second kappa shape index (κ2) is 13.6. The van der Waals surface area contributed by atoms with Gasteiger partial charge in [-0.3, -0.25) is 19.2 Å². The summed E-state index contributed by atoms with van der Waals surface area (Å²) in [7, 11) is 0. The van der Waals surface area contributed by atoms with Gasteiger partial charge in [0.25, 0.3) is 0 Å². The molecular formula is C22H29N7O7. The largest absolute Gasteiger partial charge is 0.480 e. The van der Waals surface area contributed by atoms with E-state index in [1.807, 2.05) is 0 Å². The first-order chi connectivity index (χ1) is 17.1. The highest BCUT2D eigenvalue weighted by atomic mass is 16.4. The lowest BCUT2D eigenvalue weighted by atomic mass is 10.0. The summed E-state index contributed by atoms with van der Waals surface area (Å²) in [6, 6.07) is 3.22. The van der Waals surface area contributed by atoms with Crippen molar-refractivity contribution < 1.29 is 34.2 Å². The van der Waals surface area contributed by atoms with E-state index in [9.17, 15) is 29.1 Å². The van der Waals surface area contributed by atoms with Crippen LogP contribution in [-0.4, -0.2) is 80.6 Å². The van der Waals surface area contributed by atoms with Crippen molar-refractivity contribution in [3.05, 3.63) is 54.1 Å². The molecule has 194 valence electrons. The number of carboxylic acid groups (broad SMARTS) is 1. The molecule has 14 heteroatoms. The van der Waals surface area contributed by atoms with Crippen molar-refractivity contribution in [2.24, 2.45) is 11.5 Å². The summed E-state index contributed by atoms with van der Waals surface area (Å²) in [6.45, 7) is -0.653. The first-order valence-corrected chi connectivity index (χ1v) is 10.9. The maximum atomic E-state index is 13.2. The number of aromatic amines is 1. The van der Waals surface area contributed by atoms with Crippen molar-refractivity contribution in [1.29, 1.82) is 0 Å². The number of rotatable bonds is 14.